The first kappa shape index (κ1) is 18.9. The first-order valence-corrected chi connectivity index (χ1v) is 7.38. The quantitative estimate of drug-likeness (QED) is 0.706. The average molecular weight is 362 g/mol. The van der Waals surface area contributed by atoms with Crippen LogP contribution in [0.25, 0.3) is 5.52 Å². The van der Waals surface area contributed by atoms with Crippen molar-refractivity contribution in [2.24, 2.45) is 0 Å². The van der Waals surface area contributed by atoms with Gasteiger partial charge in [0.1, 0.15) is 11.8 Å². The lowest BCUT2D eigenvalue weighted by atomic mass is 9.92. The van der Waals surface area contributed by atoms with Crippen LogP contribution in [0.1, 0.15) is 12.8 Å². The molecule has 1 aliphatic rings. The molecule has 3 heterocycles. The van der Waals surface area contributed by atoms with Crippen LogP contribution in [0.2, 0.25) is 0 Å². The molecule has 2 aromatic rings. The van der Waals surface area contributed by atoms with Gasteiger partial charge in [0.05, 0.1) is 12.1 Å². The van der Waals surface area contributed by atoms with Gasteiger partial charge in [-0.1, -0.05) is 0 Å². The Kier molecular flexibility index (Phi) is 5.48. The summed E-state index contributed by atoms with van der Waals surface area (Å²) in [6, 6.07) is 3.52. The van der Waals surface area contributed by atoms with Gasteiger partial charge in [-0.15, -0.1) is 0 Å². The third-order valence-electron chi connectivity index (χ3n) is 3.77. The zero-order valence-corrected chi connectivity index (χ0v) is 13.0. The van der Waals surface area contributed by atoms with Crippen LogP contribution >= 0.6 is 0 Å². The van der Waals surface area contributed by atoms with E-state index in [1.165, 1.54) is 10.9 Å². The number of nitrogens with one attached hydrogen (secondary N) is 1. The third-order valence-corrected chi connectivity index (χ3v) is 3.77. The molecule has 1 fully saturated rings. The molecule has 0 aromatic carbocycles. The maximum absolute atomic E-state index is 12.2. The monoisotopic (exact) mass is 362 g/mol. The molecule has 0 amide bonds. The lowest BCUT2D eigenvalue weighted by Gasteiger charge is -2.32. The predicted molar refractivity (Wildman–Crippen MR) is 80.2 cm³/mol. The number of halogens is 3. The number of hydrogen-bond acceptors (Lipinski definition) is 5. The third kappa shape index (κ3) is 4.79. The molecule has 25 heavy (non-hydrogen) atoms. The first-order chi connectivity index (χ1) is 11.6. The number of carbonyl (C=O) groups is 1. The molecule has 0 saturated carbocycles. The zero-order chi connectivity index (χ0) is 18.7. The molecule has 0 bridgehead atoms. The molecule has 138 valence electrons. The van der Waals surface area contributed by atoms with Crippen molar-refractivity contribution >= 4 is 11.5 Å². The average Bonchev–Trinajstić information content (AvgIpc) is 3.00. The summed E-state index contributed by atoms with van der Waals surface area (Å²) in [4.78, 5) is 21.1. The Bertz CT molecular complexity index is 793. The van der Waals surface area contributed by atoms with Gasteiger partial charge in [-0.25, -0.2) is 9.31 Å². The van der Waals surface area contributed by atoms with Gasteiger partial charge in [-0.3, -0.25) is 9.36 Å². The van der Waals surface area contributed by atoms with Gasteiger partial charge >= 0.3 is 12.1 Å². The minimum Gasteiger partial charge on any atom is -0.475 e. The Hall–Kier alpha value is -2.40. The summed E-state index contributed by atoms with van der Waals surface area (Å²) in [5, 5.41) is 24.9. The molecule has 1 saturated heterocycles. The lowest BCUT2D eigenvalue weighted by Crippen LogP contribution is -2.46. The number of piperidine rings is 1. The van der Waals surface area contributed by atoms with Crippen LogP contribution in [0, 0.1) is 0 Å². The van der Waals surface area contributed by atoms with Gasteiger partial charge < -0.3 is 15.5 Å². The Morgan fingerprint density at radius 1 is 1.36 bits per heavy atom. The maximum Gasteiger partial charge on any atom is 0.490 e. The lowest BCUT2D eigenvalue weighted by molar-refractivity contribution is -0.192. The second-order valence-corrected chi connectivity index (χ2v) is 5.68. The molecular formula is C14H17F3N4O4. The number of hydrogen-bond donors (Lipinski definition) is 3. The van der Waals surface area contributed by atoms with Crippen molar-refractivity contribution in [3.63, 3.8) is 0 Å². The standard InChI is InChI=1S/C12H16N4O2.C2HF3O2/c17-11-10-2-1-7-16(10)14-9-15(11)8-12(18)3-5-13-6-4-12;3-2(4,5)1(6)7/h1-2,7,9,13,18H,3-6,8H2;(H,6,7). The Balaban J connectivity index is 0.000000277. The molecule has 3 N–H and O–H groups in total. The van der Waals surface area contributed by atoms with Crippen molar-refractivity contribution in [3.8, 4) is 0 Å². The molecule has 1 aliphatic heterocycles. The van der Waals surface area contributed by atoms with Crippen LogP contribution in [0.3, 0.4) is 0 Å². The van der Waals surface area contributed by atoms with Crippen LogP contribution in [-0.2, 0) is 11.3 Å². The molecular weight excluding hydrogens is 345 g/mol. The Morgan fingerprint density at radius 2 is 1.96 bits per heavy atom. The van der Waals surface area contributed by atoms with E-state index in [1.54, 1.807) is 22.8 Å². The van der Waals surface area contributed by atoms with Crippen molar-refractivity contribution in [3.05, 3.63) is 35.0 Å². The van der Waals surface area contributed by atoms with Crippen LogP contribution in [0.4, 0.5) is 13.2 Å². The molecule has 8 nitrogen and oxygen atoms in total. The summed E-state index contributed by atoms with van der Waals surface area (Å²) < 4.78 is 34.8. The molecule has 0 spiro atoms. The van der Waals surface area contributed by atoms with Crippen LogP contribution in [0.15, 0.2) is 29.5 Å². The summed E-state index contributed by atoms with van der Waals surface area (Å²) >= 11 is 0. The van der Waals surface area contributed by atoms with E-state index in [0.717, 1.165) is 13.1 Å². The van der Waals surface area contributed by atoms with Gasteiger partial charge in [-0.05, 0) is 38.1 Å². The van der Waals surface area contributed by atoms with Gasteiger partial charge in [0, 0.05) is 6.20 Å². The zero-order valence-electron chi connectivity index (χ0n) is 13.0. The molecule has 11 heteroatoms. The highest BCUT2D eigenvalue weighted by Crippen LogP contribution is 2.19. The highest BCUT2D eigenvalue weighted by atomic mass is 19.4. The van der Waals surface area contributed by atoms with Crippen LogP contribution in [0.5, 0.6) is 0 Å². The van der Waals surface area contributed by atoms with E-state index in [1.807, 2.05) is 0 Å². The maximum atomic E-state index is 12.2. The van der Waals surface area contributed by atoms with Gasteiger partial charge in [0.2, 0.25) is 0 Å². The second kappa shape index (κ2) is 7.23. The number of carboxylic acids is 1. The van der Waals surface area contributed by atoms with E-state index < -0.39 is 17.7 Å². The topological polar surface area (TPSA) is 109 Å². The second-order valence-electron chi connectivity index (χ2n) is 5.68. The van der Waals surface area contributed by atoms with Crippen molar-refractivity contribution < 1.29 is 28.2 Å². The van der Waals surface area contributed by atoms with Gasteiger partial charge in [-0.2, -0.15) is 18.3 Å². The van der Waals surface area contributed by atoms with E-state index in [0.29, 0.717) is 24.9 Å². The fourth-order valence-corrected chi connectivity index (χ4v) is 2.44. The Labute approximate surface area is 139 Å². The van der Waals surface area contributed by atoms with Crippen LogP contribution in [-0.4, -0.2) is 55.2 Å². The highest BCUT2D eigenvalue weighted by molar-refractivity contribution is 5.73. The molecule has 3 rings (SSSR count). The van der Waals surface area contributed by atoms with Crippen molar-refractivity contribution in [1.29, 1.82) is 0 Å². The summed E-state index contributed by atoms with van der Waals surface area (Å²) in [5.74, 6) is -2.76. The summed E-state index contributed by atoms with van der Waals surface area (Å²) in [6.45, 7) is 1.88. The molecule has 2 aromatic heterocycles. The number of nitrogens with zero attached hydrogens (tertiary/aromatic N) is 3. The number of alkyl halides is 3. The minimum absolute atomic E-state index is 0.109. The van der Waals surface area contributed by atoms with E-state index in [-0.39, 0.29) is 5.56 Å². The highest BCUT2D eigenvalue weighted by Gasteiger charge is 2.38. The van der Waals surface area contributed by atoms with Crippen molar-refractivity contribution in [2.45, 2.75) is 31.2 Å². The first-order valence-electron chi connectivity index (χ1n) is 7.38. The van der Waals surface area contributed by atoms with E-state index >= 15 is 0 Å². The van der Waals surface area contributed by atoms with E-state index in [9.17, 15) is 23.1 Å². The van der Waals surface area contributed by atoms with Crippen molar-refractivity contribution in [2.75, 3.05) is 13.1 Å². The summed E-state index contributed by atoms with van der Waals surface area (Å²) in [7, 11) is 0. The Morgan fingerprint density at radius 3 is 2.52 bits per heavy atom. The SMILES string of the molecule is O=C(O)C(F)(F)F.O=c1c2cccn2ncn1CC1(O)CCNCC1. The number of fused-ring (bicyclic) bond motifs is 1. The fraction of sp³-hybridized carbons (Fsp3) is 0.500. The van der Waals surface area contributed by atoms with E-state index in [2.05, 4.69) is 10.4 Å². The van der Waals surface area contributed by atoms with Gasteiger partial charge in [0.25, 0.3) is 5.56 Å². The number of aliphatic hydroxyl groups is 1. The number of rotatable bonds is 2. The van der Waals surface area contributed by atoms with Crippen molar-refractivity contribution in [1.82, 2.24) is 19.5 Å². The fourth-order valence-electron chi connectivity index (χ4n) is 2.44. The minimum atomic E-state index is -5.08. The molecule has 0 atom stereocenters. The smallest absolute Gasteiger partial charge is 0.475 e. The molecule has 0 unspecified atom stereocenters. The number of aliphatic carboxylic acids is 1. The predicted octanol–water partition coefficient (Wildman–Crippen LogP) is 0.244. The number of aromatic nitrogens is 3. The summed E-state index contributed by atoms with van der Waals surface area (Å²) in [6.07, 6.45) is -0.535. The number of carboxylic acid groups (broad SMARTS) is 1. The van der Waals surface area contributed by atoms with Gasteiger partial charge in [0.15, 0.2) is 0 Å². The molecule has 0 aliphatic carbocycles. The largest absolute Gasteiger partial charge is 0.490 e. The molecule has 0 radical (unpaired) electrons. The van der Waals surface area contributed by atoms with E-state index in [4.69, 9.17) is 9.90 Å². The summed E-state index contributed by atoms with van der Waals surface area (Å²) in [5.41, 5.74) is -0.376. The van der Waals surface area contributed by atoms with Crippen LogP contribution < -0.4 is 10.9 Å². The normalized spacial score (nSPS) is 17.0.